The molecule has 0 aliphatic carbocycles. The molecule has 2 N–H and O–H groups in total. The molecular formula is C20H21O4-. The lowest BCUT2D eigenvalue weighted by Crippen LogP contribution is -2.37. The number of carbonyl (C=O) groups excluding carboxylic acids is 1. The molecule has 4 heteroatoms. The highest BCUT2D eigenvalue weighted by Crippen LogP contribution is 2.39. The molecule has 126 valence electrons. The van der Waals surface area contributed by atoms with Crippen LogP contribution in [0.2, 0.25) is 0 Å². The molecule has 0 amide bonds. The highest BCUT2D eigenvalue weighted by molar-refractivity contribution is 5.68. The lowest BCUT2D eigenvalue weighted by atomic mass is 9.70. The first-order valence-electron chi connectivity index (χ1n) is 7.77. The monoisotopic (exact) mass is 325 g/mol. The van der Waals surface area contributed by atoms with Gasteiger partial charge in [0.2, 0.25) is 0 Å². The summed E-state index contributed by atoms with van der Waals surface area (Å²) in [5.74, 6) is -1.50. The van der Waals surface area contributed by atoms with Crippen LogP contribution in [0.5, 0.6) is 11.5 Å². The van der Waals surface area contributed by atoms with Crippen LogP contribution in [0, 0.1) is 5.92 Å². The third-order valence-corrected chi connectivity index (χ3v) is 4.45. The van der Waals surface area contributed by atoms with Crippen molar-refractivity contribution in [2.24, 2.45) is 5.92 Å². The van der Waals surface area contributed by atoms with E-state index in [1.165, 1.54) is 0 Å². The highest BCUT2D eigenvalue weighted by Gasteiger charge is 2.32. The fraction of sp³-hybridized carbons (Fsp3) is 0.250. The Morgan fingerprint density at radius 2 is 1.50 bits per heavy atom. The molecule has 1 unspecified atom stereocenters. The van der Waals surface area contributed by atoms with Gasteiger partial charge in [-0.3, -0.25) is 0 Å². The summed E-state index contributed by atoms with van der Waals surface area (Å²) in [5.41, 5.74) is 1.14. The standard InChI is InChI=1S/C20H22O4/c1-3-4-14(19(23)24)13-20(2,15-5-9-17(21)10-6-15)16-7-11-18(22)12-8-16/h3,5-12,14,21-22H,1,4,13H2,2H3,(H,23,24)/p-1. The van der Waals surface area contributed by atoms with Crippen molar-refractivity contribution in [3.63, 3.8) is 0 Å². The van der Waals surface area contributed by atoms with E-state index < -0.39 is 17.3 Å². The number of benzene rings is 2. The molecule has 0 radical (unpaired) electrons. The summed E-state index contributed by atoms with van der Waals surface area (Å²) in [7, 11) is 0. The van der Waals surface area contributed by atoms with Crippen LogP contribution >= 0.6 is 0 Å². The van der Waals surface area contributed by atoms with Crippen molar-refractivity contribution < 1.29 is 20.1 Å². The number of phenolic OH excluding ortho intramolecular Hbond substituents is 2. The second-order valence-electron chi connectivity index (χ2n) is 6.17. The van der Waals surface area contributed by atoms with Gasteiger partial charge in [0.15, 0.2) is 0 Å². The van der Waals surface area contributed by atoms with Crippen LogP contribution < -0.4 is 5.11 Å². The summed E-state index contributed by atoms with van der Waals surface area (Å²) in [6, 6.07) is 13.4. The molecule has 0 saturated heterocycles. The molecule has 1 atom stereocenters. The van der Waals surface area contributed by atoms with Crippen molar-refractivity contribution in [1.82, 2.24) is 0 Å². The van der Waals surface area contributed by atoms with Gasteiger partial charge in [-0.05, 0) is 48.2 Å². The van der Waals surface area contributed by atoms with Crippen LogP contribution in [0.3, 0.4) is 0 Å². The smallest absolute Gasteiger partial charge is 0.115 e. The highest BCUT2D eigenvalue weighted by atomic mass is 16.4. The third kappa shape index (κ3) is 3.77. The van der Waals surface area contributed by atoms with Gasteiger partial charge in [-0.1, -0.05) is 37.3 Å². The minimum absolute atomic E-state index is 0.148. The molecule has 0 aliphatic rings. The first-order valence-corrected chi connectivity index (χ1v) is 7.77. The van der Waals surface area contributed by atoms with E-state index >= 15 is 0 Å². The number of hydrogen-bond acceptors (Lipinski definition) is 4. The topological polar surface area (TPSA) is 80.6 Å². The maximum Gasteiger partial charge on any atom is 0.115 e. The van der Waals surface area contributed by atoms with Crippen LogP contribution in [0.4, 0.5) is 0 Å². The Labute approximate surface area is 141 Å². The van der Waals surface area contributed by atoms with Crippen LogP contribution in [0.25, 0.3) is 0 Å². The van der Waals surface area contributed by atoms with Gasteiger partial charge in [0.25, 0.3) is 0 Å². The van der Waals surface area contributed by atoms with Crippen molar-refractivity contribution in [3.8, 4) is 11.5 Å². The summed E-state index contributed by atoms with van der Waals surface area (Å²) < 4.78 is 0. The zero-order valence-corrected chi connectivity index (χ0v) is 13.6. The number of rotatable bonds is 7. The first-order chi connectivity index (χ1) is 11.4. The molecule has 0 heterocycles. The zero-order valence-electron chi connectivity index (χ0n) is 13.6. The predicted octanol–water partition coefficient (Wildman–Crippen LogP) is 2.74. The molecule has 4 nitrogen and oxygen atoms in total. The lowest BCUT2D eigenvalue weighted by Gasteiger charge is -2.35. The zero-order chi connectivity index (χ0) is 17.7. The Morgan fingerprint density at radius 1 is 1.08 bits per heavy atom. The Kier molecular flexibility index (Phi) is 5.29. The molecule has 0 spiro atoms. The minimum Gasteiger partial charge on any atom is -0.550 e. The van der Waals surface area contributed by atoms with E-state index in [4.69, 9.17) is 0 Å². The summed E-state index contributed by atoms with van der Waals surface area (Å²) in [5, 5.41) is 30.6. The van der Waals surface area contributed by atoms with Crippen molar-refractivity contribution in [1.29, 1.82) is 0 Å². The number of aromatic hydroxyl groups is 2. The molecule has 2 rings (SSSR count). The molecule has 0 bridgehead atoms. The molecule has 0 aromatic heterocycles. The van der Waals surface area contributed by atoms with Crippen LogP contribution in [0.15, 0.2) is 61.2 Å². The Morgan fingerprint density at radius 3 is 1.83 bits per heavy atom. The van der Waals surface area contributed by atoms with Crippen molar-refractivity contribution >= 4 is 5.97 Å². The average molecular weight is 325 g/mol. The van der Waals surface area contributed by atoms with E-state index in [0.717, 1.165) is 11.1 Å². The van der Waals surface area contributed by atoms with Gasteiger partial charge < -0.3 is 20.1 Å². The Balaban J connectivity index is 2.51. The summed E-state index contributed by atoms with van der Waals surface area (Å²) in [6.07, 6.45) is 2.21. The van der Waals surface area contributed by atoms with E-state index in [1.54, 1.807) is 54.6 Å². The van der Waals surface area contributed by atoms with E-state index in [2.05, 4.69) is 6.58 Å². The number of carboxylic acids is 1. The van der Waals surface area contributed by atoms with Gasteiger partial charge in [-0.25, -0.2) is 0 Å². The van der Waals surface area contributed by atoms with Gasteiger partial charge >= 0.3 is 0 Å². The number of carboxylic acid groups (broad SMARTS) is 1. The molecule has 24 heavy (non-hydrogen) atoms. The SMILES string of the molecule is C=CCC(CC(C)(c1ccc(O)cc1)c1ccc(O)cc1)C(=O)[O-]. The summed E-state index contributed by atoms with van der Waals surface area (Å²) in [6.45, 7) is 5.57. The number of hydrogen-bond donors (Lipinski definition) is 2. The molecular weight excluding hydrogens is 304 g/mol. The maximum atomic E-state index is 11.5. The maximum absolute atomic E-state index is 11.5. The normalized spacial score (nSPS) is 12.5. The van der Waals surface area contributed by atoms with E-state index in [0.29, 0.717) is 12.8 Å². The number of allylic oxidation sites excluding steroid dienone is 1. The molecule has 0 saturated carbocycles. The van der Waals surface area contributed by atoms with Crippen LogP contribution in [0.1, 0.15) is 30.9 Å². The second kappa shape index (κ2) is 7.21. The first kappa shape index (κ1) is 17.6. The van der Waals surface area contributed by atoms with Crippen LogP contribution in [-0.4, -0.2) is 16.2 Å². The van der Waals surface area contributed by atoms with Crippen LogP contribution in [-0.2, 0) is 10.2 Å². The lowest BCUT2D eigenvalue weighted by molar-refractivity contribution is -0.312. The quantitative estimate of drug-likeness (QED) is 0.767. The van der Waals surface area contributed by atoms with E-state index in [1.807, 2.05) is 6.92 Å². The molecule has 2 aromatic rings. The molecule has 2 aromatic carbocycles. The average Bonchev–Trinajstić information content (AvgIpc) is 2.55. The van der Waals surface area contributed by atoms with Gasteiger partial charge in [0.05, 0.1) is 0 Å². The van der Waals surface area contributed by atoms with E-state index in [9.17, 15) is 20.1 Å². The van der Waals surface area contributed by atoms with Crippen molar-refractivity contribution in [2.75, 3.05) is 0 Å². The van der Waals surface area contributed by atoms with E-state index in [-0.39, 0.29) is 11.5 Å². The predicted molar refractivity (Wildman–Crippen MR) is 90.6 cm³/mol. The number of phenols is 2. The summed E-state index contributed by atoms with van der Waals surface area (Å²) in [4.78, 5) is 11.5. The van der Waals surface area contributed by atoms with Crippen molar-refractivity contribution in [2.45, 2.75) is 25.2 Å². The fourth-order valence-corrected chi connectivity index (χ4v) is 3.02. The number of aliphatic carboxylic acids is 1. The van der Waals surface area contributed by atoms with Gasteiger partial charge in [-0.15, -0.1) is 6.58 Å². The Hall–Kier alpha value is -2.75. The molecule has 0 aliphatic heterocycles. The van der Waals surface area contributed by atoms with Gasteiger partial charge in [-0.2, -0.15) is 0 Å². The second-order valence-corrected chi connectivity index (χ2v) is 6.17. The fourth-order valence-electron chi connectivity index (χ4n) is 3.02. The summed E-state index contributed by atoms with van der Waals surface area (Å²) >= 11 is 0. The minimum atomic E-state index is -1.11. The van der Waals surface area contributed by atoms with Crippen molar-refractivity contribution in [3.05, 3.63) is 72.3 Å². The largest absolute Gasteiger partial charge is 0.550 e. The van der Waals surface area contributed by atoms with Gasteiger partial charge in [0.1, 0.15) is 11.5 Å². The molecule has 0 fully saturated rings. The van der Waals surface area contributed by atoms with Gasteiger partial charge in [0, 0.05) is 17.3 Å². The third-order valence-electron chi connectivity index (χ3n) is 4.45. The number of carbonyl (C=O) groups is 1. The Bertz CT molecular complexity index is 656.